The van der Waals surface area contributed by atoms with Crippen molar-refractivity contribution in [2.45, 2.75) is 45.1 Å². The summed E-state index contributed by atoms with van der Waals surface area (Å²) in [5.74, 6) is 0.663. The Morgan fingerprint density at radius 2 is 1.69 bits per heavy atom. The maximum absolute atomic E-state index is 13.5. The number of hydrogen-bond donors (Lipinski definition) is 0. The molecule has 5 heteroatoms. The fourth-order valence-electron chi connectivity index (χ4n) is 3.54. The Morgan fingerprint density at radius 1 is 1.04 bits per heavy atom. The quantitative estimate of drug-likeness (QED) is 0.777. The van der Waals surface area contributed by atoms with Crippen LogP contribution in [0.4, 0.5) is 5.69 Å². The predicted molar refractivity (Wildman–Crippen MR) is 106 cm³/mol. The molecule has 0 atom stereocenters. The van der Waals surface area contributed by atoms with Gasteiger partial charge in [0.2, 0.25) is 0 Å². The third-order valence-electron chi connectivity index (χ3n) is 4.56. The summed E-state index contributed by atoms with van der Waals surface area (Å²) in [6.07, 6.45) is 2.01. The van der Waals surface area contributed by atoms with Crippen LogP contribution in [0.1, 0.15) is 38.8 Å². The number of benzene rings is 2. The number of nitrogens with zero attached hydrogens (tertiary/aromatic N) is 1. The van der Waals surface area contributed by atoms with Gasteiger partial charge in [-0.15, -0.1) is 0 Å². The van der Waals surface area contributed by atoms with Crippen LogP contribution >= 0.6 is 0 Å². The predicted octanol–water partition coefficient (Wildman–Crippen LogP) is 4.78. The van der Waals surface area contributed by atoms with Gasteiger partial charge in [0.05, 0.1) is 22.7 Å². The topological polar surface area (TPSA) is 46.6 Å². The molecule has 0 bridgehead atoms. The van der Waals surface area contributed by atoms with Crippen LogP contribution in [-0.4, -0.2) is 20.6 Å². The van der Waals surface area contributed by atoms with E-state index in [0.717, 1.165) is 22.4 Å². The Kier molecular flexibility index (Phi) is 4.61. The third-order valence-corrected chi connectivity index (χ3v) is 6.58. The zero-order valence-electron chi connectivity index (χ0n) is 15.9. The van der Waals surface area contributed by atoms with Gasteiger partial charge in [-0.1, -0.05) is 18.2 Å². The van der Waals surface area contributed by atoms with Gasteiger partial charge in [-0.2, -0.15) is 0 Å². The van der Waals surface area contributed by atoms with E-state index in [1.165, 1.54) is 4.31 Å². The van der Waals surface area contributed by atoms with E-state index in [1.54, 1.807) is 24.3 Å². The monoisotopic (exact) mass is 371 g/mol. The molecule has 26 heavy (non-hydrogen) atoms. The second-order valence-electron chi connectivity index (χ2n) is 7.18. The van der Waals surface area contributed by atoms with E-state index in [4.69, 9.17) is 4.74 Å². The molecule has 0 radical (unpaired) electrons. The zero-order chi connectivity index (χ0) is 19.1. The minimum Gasteiger partial charge on any atom is -0.494 e. The molecule has 2 aromatic rings. The van der Waals surface area contributed by atoms with Crippen molar-refractivity contribution < 1.29 is 13.2 Å². The van der Waals surface area contributed by atoms with Crippen LogP contribution in [0, 0.1) is 6.92 Å². The van der Waals surface area contributed by atoms with E-state index in [9.17, 15) is 8.42 Å². The first-order chi connectivity index (χ1) is 12.2. The van der Waals surface area contributed by atoms with Crippen molar-refractivity contribution in [3.63, 3.8) is 0 Å². The van der Waals surface area contributed by atoms with Crippen molar-refractivity contribution in [2.24, 2.45) is 0 Å². The van der Waals surface area contributed by atoms with Gasteiger partial charge in [-0.3, -0.25) is 4.31 Å². The molecule has 3 rings (SSSR count). The Morgan fingerprint density at radius 3 is 2.31 bits per heavy atom. The molecule has 0 aliphatic carbocycles. The van der Waals surface area contributed by atoms with Crippen molar-refractivity contribution in [2.75, 3.05) is 10.9 Å². The number of aryl methyl sites for hydroxylation is 1. The summed E-state index contributed by atoms with van der Waals surface area (Å²) in [7, 11) is -3.72. The number of rotatable bonds is 4. The van der Waals surface area contributed by atoms with Crippen LogP contribution in [0.25, 0.3) is 5.57 Å². The summed E-state index contributed by atoms with van der Waals surface area (Å²) in [6.45, 7) is 10.3. The van der Waals surface area contributed by atoms with Crippen LogP contribution in [0.15, 0.2) is 53.4 Å². The lowest BCUT2D eigenvalue weighted by atomic mass is 9.90. The first kappa shape index (κ1) is 18.5. The van der Waals surface area contributed by atoms with E-state index in [2.05, 4.69) is 0 Å². The van der Waals surface area contributed by atoms with Crippen molar-refractivity contribution in [1.29, 1.82) is 0 Å². The van der Waals surface area contributed by atoms with Crippen molar-refractivity contribution in [1.82, 2.24) is 0 Å². The molecule has 138 valence electrons. The number of hydrogen-bond acceptors (Lipinski definition) is 3. The molecule has 4 nitrogen and oxygen atoms in total. The summed E-state index contributed by atoms with van der Waals surface area (Å²) < 4.78 is 34.0. The van der Waals surface area contributed by atoms with Crippen LogP contribution in [-0.2, 0) is 10.0 Å². The van der Waals surface area contributed by atoms with E-state index < -0.39 is 15.6 Å². The highest BCUT2D eigenvalue weighted by atomic mass is 32.2. The summed E-state index contributed by atoms with van der Waals surface area (Å²) in [6, 6.07) is 12.6. The summed E-state index contributed by atoms with van der Waals surface area (Å²) in [5.41, 5.74) is 3.13. The average molecular weight is 372 g/mol. The molecule has 1 heterocycles. The molecule has 0 aromatic heterocycles. The smallest absolute Gasteiger partial charge is 0.265 e. The van der Waals surface area contributed by atoms with E-state index in [0.29, 0.717) is 12.4 Å². The Balaban J connectivity index is 2.16. The lowest BCUT2D eigenvalue weighted by molar-refractivity contribution is 0.340. The normalized spacial score (nSPS) is 16.0. The largest absolute Gasteiger partial charge is 0.494 e. The van der Waals surface area contributed by atoms with Crippen molar-refractivity contribution in [3.8, 4) is 5.75 Å². The molecule has 0 saturated carbocycles. The van der Waals surface area contributed by atoms with E-state index in [1.807, 2.05) is 58.9 Å². The molecule has 0 saturated heterocycles. The Labute approximate surface area is 156 Å². The SMILES string of the molecule is CCOc1ccc(S(=O)(=O)N2c3cc(C)ccc3C(C)=CC2(C)C)cc1. The summed E-state index contributed by atoms with van der Waals surface area (Å²) in [4.78, 5) is 0.259. The minimum atomic E-state index is -3.72. The van der Waals surface area contributed by atoms with Crippen LogP contribution < -0.4 is 9.04 Å². The van der Waals surface area contributed by atoms with Gasteiger partial charge in [-0.25, -0.2) is 8.42 Å². The molecule has 1 aliphatic rings. The first-order valence-corrected chi connectivity index (χ1v) is 10.2. The van der Waals surface area contributed by atoms with Gasteiger partial charge >= 0.3 is 0 Å². The molecule has 0 spiro atoms. The summed E-state index contributed by atoms with van der Waals surface area (Å²) >= 11 is 0. The summed E-state index contributed by atoms with van der Waals surface area (Å²) in [5, 5.41) is 0. The number of fused-ring (bicyclic) bond motifs is 1. The standard InChI is InChI=1S/C21H25NO3S/c1-6-25-17-8-10-18(11-9-17)26(23,24)22-20-13-15(2)7-12-19(20)16(3)14-21(22,4)5/h7-14H,6H2,1-5H3. The molecule has 0 fully saturated rings. The number of allylic oxidation sites excluding steroid dienone is 1. The highest BCUT2D eigenvalue weighted by molar-refractivity contribution is 7.93. The molecular weight excluding hydrogens is 346 g/mol. The van der Waals surface area contributed by atoms with Gasteiger partial charge < -0.3 is 4.74 Å². The third kappa shape index (κ3) is 3.12. The molecule has 1 aliphatic heterocycles. The minimum absolute atomic E-state index is 0.259. The van der Waals surface area contributed by atoms with E-state index >= 15 is 0 Å². The number of anilines is 1. The molecule has 0 amide bonds. The molecular formula is C21H25NO3S. The fraction of sp³-hybridized carbons (Fsp3) is 0.333. The van der Waals surface area contributed by atoms with E-state index in [-0.39, 0.29) is 4.90 Å². The number of sulfonamides is 1. The highest BCUT2D eigenvalue weighted by Gasteiger charge is 2.40. The maximum atomic E-state index is 13.5. The molecule has 0 N–H and O–H groups in total. The molecule has 0 unspecified atom stereocenters. The molecule has 2 aromatic carbocycles. The van der Waals surface area contributed by atoms with Crippen LogP contribution in [0.5, 0.6) is 5.75 Å². The van der Waals surface area contributed by atoms with Gasteiger partial charge in [0, 0.05) is 5.56 Å². The lowest BCUT2D eigenvalue weighted by Crippen LogP contribution is -2.48. The van der Waals surface area contributed by atoms with Crippen molar-refractivity contribution >= 4 is 21.3 Å². The average Bonchev–Trinajstić information content (AvgIpc) is 2.54. The fourth-order valence-corrected chi connectivity index (χ4v) is 5.31. The number of ether oxygens (including phenoxy) is 1. The van der Waals surface area contributed by atoms with Crippen LogP contribution in [0.3, 0.4) is 0 Å². The lowest BCUT2D eigenvalue weighted by Gasteiger charge is -2.42. The Bertz CT molecular complexity index is 957. The maximum Gasteiger partial charge on any atom is 0.265 e. The Hall–Kier alpha value is -2.27. The van der Waals surface area contributed by atoms with Crippen LogP contribution in [0.2, 0.25) is 0 Å². The second kappa shape index (κ2) is 6.47. The van der Waals surface area contributed by atoms with Gasteiger partial charge in [0.1, 0.15) is 5.75 Å². The van der Waals surface area contributed by atoms with Gasteiger partial charge in [0.15, 0.2) is 0 Å². The zero-order valence-corrected chi connectivity index (χ0v) is 16.7. The second-order valence-corrected chi connectivity index (χ2v) is 8.96. The van der Waals surface area contributed by atoms with Crippen molar-refractivity contribution in [3.05, 3.63) is 59.7 Å². The first-order valence-electron chi connectivity index (χ1n) is 8.75. The van der Waals surface area contributed by atoms with Gasteiger partial charge in [-0.05, 0) is 76.1 Å². The van der Waals surface area contributed by atoms with Gasteiger partial charge in [0.25, 0.3) is 10.0 Å². The highest BCUT2D eigenvalue weighted by Crippen LogP contribution is 2.42.